The average Bonchev–Trinajstić information content (AvgIpc) is 2.80. The maximum absolute atomic E-state index is 13.5. The lowest BCUT2D eigenvalue weighted by atomic mass is 10.2. The Morgan fingerprint density at radius 3 is 1.92 bits per heavy atom. The number of ether oxygens (including phenoxy) is 3. The molecule has 2 N–H and O–H groups in total. The van der Waals surface area contributed by atoms with Gasteiger partial charge >= 0.3 is 24.9 Å². The van der Waals surface area contributed by atoms with Gasteiger partial charge in [-0.1, -0.05) is 23.7 Å². The van der Waals surface area contributed by atoms with Crippen LogP contribution in [0.25, 0.3) is 0 Å². The van der Waals surface area contributed by atoms with E-state index in [-0.39, 0.29) is 22.1 Å². The number of hydrogen-bond acceptors (Lipinski definition) is 5. The van der Waals surface area contributed by atoms with E-state index in [9.17, 15) is 35.9 Å². The molecule has 0 aliphatic heterocycles. The third-order valence-corrected chi connectivity index (χ3v) is 4.60. The van der Waals surface area contributed by atoms with E-state index in [1.54, 1.807) is 12.1 Å². The Labute approximate surface area is 209 Å². The Bertz CT molecular complexity index is 1240. The first-order valence-electron chi connectivity index (χ1n) is 10.0. The lowest BCUT2D eigenvalue weighted by molar-refractivity contribution is -0.411. The van der Waals surface area contributed by atoms with Gasteiger partial charge in [-0.15, -0.1) is 13.2 Å². The molecule has 0 aliphatic carbocycles. The minimum atomic E-state index is -5.62. The molecular weight excluding hydrogens is 534 g/mol. The van der Waals surface area contributed by atoms with Gasteiger partial charge in [-0.05, 0) is 60.7 Å². The molecule has 196 valence electrons. The van der Waals surface area contributed by atoms with Crippen LogP contribution in [-0.2, 0) is 4.74 Å². The first-order chi connectivity index (χ1) is 17.3. The van der Waals surface area contributed by atoms with Gasteiger partial charge in [0, 0.05) is 5.69 Å². The van der Waals surface area contributed by atoms with Crippen LogP contribution in [0.4, 0.5) is 36.8 Å². The monoisotopic (exact) mass is 548 g/mol. The van der Waals surface area contributed by atoms with Crippen molar-refractivity contribution in [3.05, 3.63) is 83.4 Å². The highest BCUT2D eigenvalue weighted by Crippen LogP contribution is 2.33. The fourth-order valence-electron chi connectivity index (χ4n) is 2.69. The SMILES string of the molecule is O=C(NC(=O)c1ccccc1Cl)Nc1ccc(Oc2ccc(OC(F)(F)C(F)OC(F)(F)F)cc2)cc1. The molecule has 0 aromatic heterocycles. The van der Waals surface area contributed by atoms with Gasteiger partial charge < -0.3 is 14.8 Å². The topological polar surface area (TPSA) is 85.9 Å². The summed E-state index contributed by atoms with van der Waals surface area (Å²) in [6, 6.07) is 15.2. The lowest BCUT2D eigenvalue weighted by Gasteiger charge is -2.22. The fraction of sp³-hybridized carbons (Fsp3) is 0.130. The van der Waals surface area contributed by atoms with Crippen molar-refractivity contribution < 1.29 is 50.1 Å². The molecule has 0 heterocycles. The number of benzene rings is 3. The summed E-state index contributed by atoms with van der Waals surface area (Å²) >= 11 is 5.91. The first-order valence-corrected chi connectivity index (χ1v) is 10.4. The summed E-state index contributed by atoms with van der Waals surface area (Å²) in [7, 11) is 0. The second kappa shape index (κ2) is 11.4. The molecule has 0 fully saturated rings. The first kappa shape index (κ1) is 27.6. The van der Waals surface area contributed by atoms with Gasteiger partial charge in [-0.3, -0.25) is 10.1 Å². The molecule has 0 radical (unpaired) electrons. The maximum atomic E-state index is 13.5. The van der Waals surface area contributed by atoms with Crippen molar-refractivity contribution in [1.29, 1.82) is 0 Å². The minimum absolute atomic E-state index is 0.113. The van der Waals surface area contributed by atoms with Crippen LogP contribution in [0.15, 0.2) is 72.8 Å². The molecule has 3 amide bonds. The normalized spacial score (nSPS) is 12.4. The van der Waals surface area contributed by atoms with E-state index in [1.165, 1.54) is 36.4 Å². The molecule has 7 nitrogen and oxygen atoms in total. The van der Waals surface area contributed by atoms with E-state index < -0.39 is 36.5 Å². The van der Waals surface area contributed by atoms with Crippen molar-refractivity contribution in [3.63, 3.8) is 0 Å². The summed E-state index contributed by atoms with van der Waals surface area (Å²) in [4.78, 5) is 24.2. The standard InChI is InChI=1S/C23H15ClF6N2O5/c24-18-4-2-1-3-17(18)19(33)32-21(34)31-13-5-7-14(8-6-13)35-15-9-11-16(12-10-15)36-22(26,27)20(25)37-23(28,29)30/h1-12,20H,(H2,31,32,33,34). The van der Waals surface area contributed by atoms with Crippen molar-refractivity contribution in [2.45, 2.75) is 18.8 Å². The number of rotatable bonds is 8. The van der Waals surface area contributed by atoms with Crippen molar-refractivity contribution >= 4 is 29.2 Å². The highest BCUT2D eigenvalue weighted by molar-refractivity contribution is 6.34. The van der Waals surface area contributed by atoms with Gasteiger partial charge in [-0.25, -0.2) is 13.9 Å². The van der Waals surface area contributed by atoms with Crippen molar-refractivity contribution in [1.82, 2.24) is 5.32 Å². The highest BCUT2D eigenvalue weighted by atomic mass is 35.5. The maximum Gasteiger partial charge on any atom is 0.525 e. The Hall–Kier alpha value is -3.97. The summed E-state index contributed by atoms with van der Waals surface area (Å²) in [5.74, 6) is -0.992. The van der Waals surface area contributed by atoms with Gasteiger partial charge in [0.05, 0.1) is 10.6 Å². The van der Waals surface area contributed by atoms with Crippen LogP contribution in [0.1, 0.15) is 10.4 Å². The molecule has 37 heavy (non-hydrogen) atoms. The van der Waals surface area contributed by atoms with Crippen LogP contribution in [0.2, 0.25) is 5.02 Å². The van der Waals surface area contributed by atoms with Gasteiger partial charge in [0.2, 0.25) is 0 Å². The third-order valence-electron chi connectivity index (χ3n) is 4.27. The van der Waals surface area contributed by atoms with E-state index in [0.717, 1.165) is 24.3 Å². The number of carbonyl (C=O) groups is 2. The molecule has 0 bridgehead atoms. The largest absolute Gasteiger partial charge is 0.525 e. The summed E-state index contributed by atoms with van der Waals surface area (Å²) in [5, 5.41) is 4.73. The zero-order valence-corrected chi connectivity index (χ0v) is 18.9. The molecule has 0 saturated carbocycles. The quantitative estimate of drug-likeness (QED) is 0.299. The average molecular weight is 549 g/mol. The minimum Gasteiger partial charge on any atom is -0.457 e. The molecule has 0 spiro atoms. The summed E-state index contributed by atoms with van der Waals surface area (Å²) < 4.78 is 87.9. The summed E-state index contributed by atoms with van der Waals surface area (Å²) in [6.45, 7) is 0. The molecule has 1 unspecified atom stereocenters. The number of halogens is 7. The molecule has 14 heteroatoms. The number of amides is 3. The van der Waals surface area contributed by atoms with Gasteiger partial charge in [-0.2, -0.15) is 8.78 Å². The molecular formula is C23H15ClF6N2O5. The van der Waals surface area contributed by atoms with Gasteiger partial charge in [0.15, 0.2) is 0 Å². The lowest BCUT2D eigenvalue weighted by Crippen LogP contribution is -2.41. The Kier molecular flexibility index (Phi) is 8.50. The number of hydrogen-bond donors (Lipinski definition) is 2. The number of urea groups is 1. The molecule has 3 aromatic rings. The Balaban J connectivity index is 1.53. The number of alkyl halides is 6. The number of imide groups is 1. The number of nitrogens with one attached hydrogen (secondary N) is 2. The van der Waals surface area contributed by atoms with Crippen LogP contribution in [0.3, 0.4) is 0 Å². The van der Waals surface area contributed by atoms with E-state index in [2.05, 4.69) is 20.1 Å². The van der Waals surface area contributed by atoms with Crippen molar-refractivity contribution in [2.24, 2.45) is 0 Å². The predicted molar refractivity (Wildman–Crippen MR) is 119 cm³/mol. The van der Waals surface area contributed by atoms with E-state index >= 15 is 0 Å². The Morgan fingerprint density at radius 1 is 0.811 bits per heavy atom. The molecule has 1 atom stereocenters. The van der Waals surface area contributed by atoms with Crippen LogP contribution < -0.4 is 20.1 Å². The van der Waals surface area contributed by atoms with E-state index in [4.69, 9.17) is 16.3 Å². The van der Waals surface area contributed by atoms with E-state index in [0.29, 0.717) is 5.69 Å². The summed E-state index contributed by atoms with van der Waals surface area (Å²) in [5.41, 5.74) is 0.409. The molecule has 0 saturated heterocycles. The smallest absolute Gasteiger partial charge is 0.457 e. The summed E-state index contributed by atoms with van der Waals surface area (Å²) in [6.07, 6.45) is -14.6. The second-order valence-corrected chi connectivity index (χ2v) is 7.44. The van der Waals surface area contributed by atoms with Gasteiger partial charge in [0.25, 0.3) is 5.91 Å². The zero-order chi connectivity index (χ0) is 27.2. The second-order valence-electron chi connectivity index (χ2n) is 7.03. The van der Waals surface area contributed by atoms with Crippen molar-refractivity contribution in [3.8, 4) is 17.2 Å². The van der Waals surface area contributed by atoms with Crippen LogP contribution in [0.5, 0.6) is 17.2 Å². The van der Waals surface area contributed by atoms with Gasteiger partial charge in [0.1, 0.15) is 17.2 Å². The fourth-order valence-corrected chi connectivity index (χ4v) is 2.91. The molecule has 0 aliphatic rings. The molecule has 3 aromatic carbocycles. The van der Waals surface area contributed by atoms with Crippen LogP contribution in [-0.4, -0.2) is 30.8 Å². The predicted octanol–water partition coefficient (Wildman–Crippen LogP) is 6.90. The number of anilines is 1. The Morgan fingerprint density at radius 2 is 1.35 bits per heavy atom. The van der Waals surface area contributed by atoms with Crippen molar-refractivity contribution in [2.75, 3.05) is 5.32 Å². The van der Waals surface area contributed by atoms with Crippen LogP contribution >= 0.6 is 11.6 Å². The highest BCUT2D eigenvalue weighted by Gasteiger charge is 2.50. The third kappa shape index (κ3) is 8.29. The number of carbonyl (C=O) groups excluding carboxylic acids is 2. The molecule has 3 rings (SSSR count). The zero-order valence-electron chi connectivity index (χ0n) is 18.2. The van der Waals surface area contributed by atoms with Crippen LogP contribution in [0, 0.1) is 0 Å². The van der Waals surface area contributed by atoms with E-state index in [1.807, 2.05) is 0 Å².